The average Bonchev–Trinajstić information content (AvgIpc) is 2.47. The minimum Gasteiger partial charge on any atom is -0.398 e. The molecule has 0 saturated heterocycles. The van der Waals surface area contributed by atoms with Gasteiger partial charge in [0.05, 0.1) is 17.8 Å². The minimum absolute atomic E-state index is 0.138. The fourth-order valence-corrected chi connectivity index (χ4v) is 1.94. The van der Waals surface area contributed by atoms with Gasteiger partial charge in [0.15, 0.2) is 0 Å². The largest absolute Gasteiger partial charge is 0.398 e. The van der Waals surface area contributed by atoms with Crippen molar-refractivity contribution >= 4 is 11.6 Å². The number of pyridine rings is 1. The van der Waals surface area contributed by atoms with Gasteiger partial charge in [-0.15, -0.1) is 0 Å². The lowest BCUT2D eigenvalue weighted by atomic mass is 10.1. The Hall–Kier alpha value is -2.43. The number of nitrogens with two attached hydrogens (primary N) is 1. The number of rotatable bonds is 4. The smallest absolute Gasteiger partial charge is 0.253 e. The third kappa shape index (κ3) is 3.12. The maximum Gasteiger partial charge on any atom is 0.253 e. The molecule has 104 valence electrons. The first-order chi connectivity index (χ1) is 9.61. The van der Waals surface area contributed by atoms with Gasteiger partial charge in [-0.2, -0.15) is 0 Å². The number of nitrogens with zero attached hydrogens (tertiary/aromatic N) is 1. The van der Waals surface area contributed by atoms with Crippen molar-refractivity contribution in [1.29, 1.82) is 0 Å². The maximum atomic E-state index is 13.1. The first-order valence-electron chi connectivity index (χ1n) is 6.37. The quantitative estimate of drug-likeness (QED) is 0.840. The molecule has 1 amide bonds. The molecule has 2 rings (SSSR count). The zero-order valence-corrected chi connectivity index (χ0v) is 11.2. The molecule has 0 radical (unpaired) electrons. The maximum absolute atomic E-state index is 13.1. The Labute approximate surface area is 116 Å². The molecular formula is C15H16FN3O. The molecule has 1 heterocycles. The van der Waals surface area contributed by atoms with Crippen LogP contribution in [0.3, 0.4) is 0 Å². The van der Waals surface area contributed by atoms with Crippen LogP contribution in [-0.2, 0) is 13.0 Å². The van der Waals surface area contributed by atoms with E-state index in [2.05, 4.69) is 10.3 Å². The lowest BCUT2D eigenvalue weighted by Gasteiger charge is -2.09. The molecule has 2 aromatic rings. The predicted octanol–water partition coefficient (Wildman–Crippen LogP) is 2.30. The summed E-state index contributed by atoms with van der Waals surface area (Å²) in [7, 11) is 0. The van der Waals surface area contributed by atoms with E-state index in [1.807, 2.05) is 19.1 Å². The van der Waals surface area contributed by atoms with Gasteiger partial charge < -0.3 is 11.1 Å². The highest BCUT2D eigenvalue weighted by molar-refractivity contribution is 5.99. The molecule has 1 aromatic heterocycles. The number of aromatic nitrogens is 1. The Morgan fingerprint density at radius 2 is 2.20 bits per heavy atom. The molecule has 20 heavy (non-hydrogen) atoms. The number of nitrogen functional groups attached to an aromatic ring is 1. The fraction of sp³-hybridized carbons (Fsp3) is 0.200. The van der Waals surface area contributed by atoms with Gasteiger partial charge in [-0.3, -0.25) is 9.78 Å². The van der Waals surface area contributed by atoms with Crippen molar-refractivity contribution in [1.82, 2.24) is 10.3 Å². The molecule has 1 aromatic carbocycles. The number of carbonyl (C=O) groups is 1. The third-order valence-electron chi connectivity index (χ3n) is 3.04. The molecule has 4 nitrogen and oxygen atoms in total. The normalized spacial score (nSPS) is 10.3. The number of hydrogen-bond donors (Lipinski definition) is 2. The Kier molecular flexibility index (Phi) is 4.30. The minimum atomic E-state index is -0.489. The van der Waals surface area contributed by atoms with Crippen molar-refractivity contribution < 1.29 is 9.18 Å². The van der Waals surface area contributed by atoms with Crippen LogP contribution in [0.2, 0.25) is 0 Å². The summed E-state index contributed by atoms with van der Waals surface area (Å²) in [6, 6.07) is 7.55. The van der Waals surface area contributed by atoms with E-state index >= 15 is 0 Å². The summed E-state index contributed by atoms with van der Waals surface area (Å²) in [4.78, 5) is 16.2. The molecule has 0 aliphatic rings. The Morgan fingerprint density at radius 3 is 2.95 bits per heavy atom. The van der Waals surface area contributed by atoms with Crippen molar-refractivity contribution in [2.24, 2.45) is 0 Å². The molecule has 5 heteroatoms. The van der Waals surface area contributed by atoms with Crippen LogP contribution in [0.25, 0.3) is 0 Å². The molecule has 0 bridgehead atoms. The van der Waals surface area contributed by atoms with Crippen LogP contribution in [0.15, 0.2) is 36.5 Å². The van der Waals surface area contributed by atoms with Gasteiger partial charge in [0.2, 0.25) is 0 Å². The van der Waals surface area contributed by atoms with Crippen molar-refractivity contribution in [2.75, 3.05) is 5.73 Å². The van der Waals surface area contributed by atoms with E-state index in [9.17, 15) is 9.18 Å². The van der Waals surface area contributed by atoms with E-state index in [-0.39, 0.29) is 11.3 Å². The van der Waals surface area contributed by atoms with Crippen LogP contribution < -0.4 is 11.1 Å². The Morgan fingerprint density at radius 1 is 1.40 bits per heavy atom. The van der Waals surface area contributed by atoms with Gasteiger partial charge in [0.1, 0.15) is 5.82 Å². The molecule has 0 saturated carbocycles. The number of benzene rings is 1. The monoisotopic (exact) mass is 273 g/mol. The zero-order chi connectivity index (χ0) is 14.5. The average molecular weight is 273 g/mol. The second-order valence-electron chi connectivity index (χ2n) is 4.38. The molecular weight excluding hydrogens is 257 g/mol. The lowest BCUT2D eigenvalue weighted by molar-refractivity contribution is 0.0951. The van der Waals surface area contributed by atoms with Crippen LogP contribution in [-0.4, -0.2) is 10.9 Å². The number of amides is 1. The highest BCUT2D eigenvalue weighted by Crippen LogP contribution is 2.13. The topological polar surface area (TPSA) is 68.0 Å². The lowest BCUT2D eigenvalue weighted by Crippen LogP contribution is -2.25. The van der Waals surface area contributed by atoms with E-state index in [1.165, 1.54) is 12.1 Å². The van der Waals surface area contributed by atoms with Crippen LogP contribution >= 0.6 is 0 Å². The van der Waals surface area contributed by atoms with E-state index < -0.39 is 11.7 Å². The SMILES string of the molecule is CCc1cccnc1CNC(=O)c1cc(F)ccc1N. The number of carbonyl (C=O) groups excluding carboxylic acids is 1. The van der Waals surface area contributed by atoms with Crippen LogP contribution in [0.5, 0.6) is 0 Å². The first-order valence-corrected chi connectivity index (χ1v) is 6.37. The molecule has 0 spiro atoms. The second kappa shape index (κ2) is 6.14. The highest BCUT2D eigenvalue weighted by Gasteiger charge is 2.11. The molecule has 3 N–H and O–H groups in total. The van der Waals surface area contributed by atoms with E-state index in [0.717, 1.165) is 23.7 Å². The standard InChI is InChI=1S/C15H16FN3O/c1-2-10-4-3-7-18-14(10)9-19-15(20)12-8-11(16)5-6-13(12)17/h3-8H,2,9,17H2,1H3,(H,19,20). The first kappa shape index (κ1) is 14.0. The molecule has 0 atom stereocenters. The summed E-state index contributed by atoms with van der Waals surface area (Å²) in [5.41, 5.74) is 7.93. The van der Waals surface area contributed by atoms with Crippen molar-refractivity contribution in [2.45, 2.75) is 19.9 Å². The zero-order valence-electron chi connectivity index (χ0n) is 11.2. The van der Waals surface area contributed by atoms with Crippen LogP contribution in [0.4, 0.5) is 10.1 Å². The van der Waals surface area contributed by atoms with Gasteiger partial charge >= 0.3 is 0 Å². The van der Waals surface area contributed by atoms with Gasteiger partial charge in [-0.25, -0.2) is 4.39 Å². The summed E-state index contributed by atoms with van der Waals surface area (Å²) < 4.78 is 13.1. The number of anilines is 1. The number of hydrogen-bond acceptors (Lipinski definition) is 3. The molecule has 0 fully saturated rings. The molecule has 0 unspecified atom stereocenters. The van der Waals surface area contributed by atoms with Crippen molar-refractivity contribution in [3.05, 3.63) is 59.2 Å². The van der Waals surface area contributed by atoms with Gasteiger partial charge in [0.25, 0.3) is 5.91 Å². The van der Waals surface area contributed by atoms with E-state index in [0.29, 0.717) is 6.54 Å². The molecule has 0 aliphatic carbocycles. The Bertz CT molecular complexity index is 628. The Balaban J connectivity index is 2.11. The second-order valence-corrected chi connectivity index (χ2v) is 4.38. The summed E-state index contributed by atoms with van der Waals surface area (Å²) in [6.07, 6.45) is 2.51. The predicted molar refractivity (Wildman–Crippen MR) is 75.6 cm³/mol. The number of halogens is 1. The highest BCUT2D eigenvalue weighted by atomic mass is 19.1. The number of aryl methyl sites for hydroxylation is 1. The van der Waals surface area contributed by atoms with Crippen LogP contribution in [0.1, 0.15) is 28.5 Å². The summed E-state index contributed by atoms with van der Waals surface area (Å²) in [5, 5.41) is 2.71. The summed E-state index contributed by atoms with van der Waals surface area (Å²) in [6.45, 7) is 2.31. The van der Waals surface area contributed by atoms with E-state index in [1.54, 1.807) is 6.20 Å². The van der Waals surface area contributed by atoms with Gasteiger partial charge in [-0.05, 0) is 36.2 Å². The van der Waals surface area contributed by atoms with Gasteiger partial charge in [-0.1, -0.05) is 13.0 Å². The molecule has 0 aliphatic heterocycles. The van der Waals surface area contributed by atoms with E-state index in [4.69, 9.17) is 5.73 Å². The fourth-order valence-electron chi connectivity index (χ4n) is 1.94. The third-order valence-corrected chi connectivity index (χ3v) is 3.04. The summed E-state index contributed by atoms with van der Waals surface area (Å²) >= 11 is 0. The van der Waals surface area contributed by atoms with Gasteiger partial charge in [0, 0.05) is 11.9 Å². The van der Waals surface area contributed by atoms with Crippen molar-refractivity contribution in [3.63, 3.8) is 0 Å². The summed E-state index contributed by atoms with van der Waals surface area (Å²) in [5.74, 6) is -0.897. The number of nitrogens with one attached hydrogen (secondary N) is 1. The van der Waals surface area contributed by atoms with Crippen LogP contribution in [0, 0.1) is 5.82 Å². The van der Waals surface area contributed by atoms with Crippen molar-refractivity contribution in [3.8, 4) is 0 Å².